The molecule has 5 rings (SSSR count). The predicted molar refractivity (Wildman–Crippen MR) is 122 cm³/mol. The number of nitrogens with one attached hydrogen (secondary N) is 2. The Morgan fingerprint density at radius 2 is 1.94 bits per heavy atom. The van der Waals surface area contributed by atoms with Gasteiger partial charge in [-0.05, 0) is 17.5 Å². The minimum absolute atomic E-state index is 0.0191. The molecule has 12 heteroatoms. The van der Waals surface area contributed by atoms with Gasteiger partial charge in [0.1, 0.15) is 5.69 Å². The van der Waals surface area contributed by atoms with E-state index in [9.17, 15) is 9.90 Å². The fourth-order valence-electron chi connectivity index (χ4n) is 3.25. The van der Waals surface area contributed by atoms with E-state index in [2.05, 4.69) is 45.4 Å². The van der Waals surface area contributed by atoms with Gasteiger partial charge in [0.15, 0.2) is 11.6 Å². The van der Waals surface area contributed by atoms with E-state index in [1.54, 1.807) is 42.6 Å². The van der Waals surface area contributed by atoms with Crippen LogP contribution in [0, 0.1) is 6.57 Å². The number of aromatic amines is 1. The molecule has 3 N–H and O–H groups in total. The minimum atomic E-state index is -0.584. The van der Waals surface area contributed by atoms with Gasteiger partial charge in [-0.3, -0.25) is 10.1 Å². The zero-order chi connectivity index (χ0) is 23.5. The highest BCUT2D eigenvalue weighted by molar-refractivity contribution is 6.11. The van der Waals surface area contributed by atoms with Gasteiger partial charge in [-0.15, -0.1) is 10.2 Å². The number of amides is 1. The molecule has 164 valence electrons. The number of rotatable bonds is 5. The lowest BCUT2D eigenvalue weighted by atomic mass is 10.0. The van der Waals surface area contributed by atoms with Crippen molar-refractivity contribution in [3.63, 3.8) is 0 Å². The summed E-state index contributed by atoms with van der Waals surface area (Å²) in [4.78, 5) is 31.2. The summed E-state index contributed by atoms with van der Waals surface area (Å²) in [6, 6.07) is 10.3. The van der Waals surface area contributed by atoms with E-state index in [-0.39, 0.29) is 40.4 Å². The second kappa shape index (κ2) is 8.60. The van der Waals surface area contributed by atoms with E-state index in [0.717, 1.165) is 0 Å². The van der Waals surface area contributed by atoms with Crippen LogP contribution in [0.4, 0.5) is 23.1 Å². The molecule has 0 aliphatic rings. The maximum atomic E-state index is 12.8. The molecule has 3 heterocycles. The van der Waals surface area contributed by atoms with Crippen molar-refractivity contribution in [1.82, 2.24) is 29.7 Å². The van der Waals surface area contributed by atoms with Gasteiger partial charge in [0.2, 0.25) is 5.95 Å². The number of aromatic hydroxyl groups is 1. The lowest BCUT2D eigenvalue weighted by Crippen LogP contribution is -2.13. The summed E-state index contributed by atoms with van der Waals surface area (Å²) in [5.41, 5.74) is 0.154. The molecule has 0 atom stereocenters. The van der Waals surface area contributed by atoms with Crippen LogP contribution in [0.3, 0.4) is 0 Å². The average molecular weight is 450 g/mol. The van der Waals surface area contributed by atoms with E-state index in [1.807, 2.05) is 0 Å². The van der Waals surface area contributed by atoms with Crippen LogP contribution in [0.2, 0.25) is 0 Å². The van der Waals surface area contributed by atoms with Crippen molar-refractivity contribution >= 4 is 39.8 Å². The first-order chi connectivity index (χ1) is 16.7. The molecule has 0 fully saturated rings. The second-order valence-electron chi connectivity index (χ2n) is 6.86. The molecular formula is C22H14N10O2. The van der Waals surface area contributed by atoms with Crippen molar-refractivity contribution in [2.75, 3.05) is 5.32 Å². The fraction of sp³-hybridized carbons (Fsp3) is 0. The maximum Gasteiger partial charge on any atom is 0.261 e. The predicted octanol–water partition coefficient (Wildman–Crippen LogP) is 4.46. The number of hydrogen-bond donors (Lipinski definition) is 3. The van der Waals surface area contributed by atoms with Gasteiger partial charge in [0.05, 0.1) is 18.3 Å². The molecule has 0 bridgehead atoms. The largest absolute Gasteiger partial charge is 0.505 e. The highest BCUT2D eigenvalue weighted by Crippen LogP contribution is 2.40. The van der Waals surface area contributed by atoms with Crippen LogP contribution in [-0.2, 0) is 0 Å². The van der Waals surface area contributed by atoms with Crippen LogP contribution in [-0.4, -0.2) is 40.7 Å². The topological polar surface area (TPSA) is 151 Å². The molecule has 1 amide bonds. The lowest BCUT2D eigenvalue weighted by molar-refractivity contribution is 0.102. The molecule has 0 saturated carbocycles. The average Bonchev–Trinajstić information content (AvgIpc) is 3.53. The lowest BCUT2D eigenvalue weighted by Gasteiger charge is -2.10. The standard InChI is InChI=1S/C22H14N10O2/c1-23-16-12-28-32(22-26-7-4-8-27-22)19(16)31-30-17-14-6-3-2-5-13(14)11-15(18(17)33)20(34)29-21-24-9-10-25-21/h2-12,33H,(H2,24,25,29,34)/b31-30+. The third kappa shape index (κ3) is 3.69. The molecule has 0 aliphatic heterocycles. The van der Waals surface area contributed by atoms with Gasteiger partial charge in [-0.1, -0.05) is 24.3 Å². The molecule has 34 heavy (non-hydrogen) atoms. The van der Waals surface area contributed by atoms with Crippen molar-refractivity contribution in [3.05, 3.63) is 84.4 Å². The minimum Gasteiger partial charge on any atom is -0.505 e. The monoisotopic (exact) mass is 450 g/mol. The van der Waals surface area contributed by atoms with Crippen molar-refractivity contribution in [3.8, 4) is 11.7 Å². The van der Waals surface area contributed by atoms with Crippen LogP contribution in [0.5, 0.6) is 5.75 Å². The molecule has 3 aromatic heterocycles. The summed E-state index contributed by atoms with van der Waals surface area (Å²) in [6.07, 6.45) is 7.43. The molecule has 0 spiro atoms. The number of nitrogens with zero attached hydrogens (tertiary/aromatic N) is 8. The number of phenolic OH excluding ortho intramolecular Hbond substituents is 1. The van der Waals surface area contributed by atoms with E-state index < -0.39 is 5.91 Å². The Morgan fingerprint density at radius 3 is 2.71 bits per heavy atom. The summed E-state index contributed by atoms with van der Waals surface area (Å²) in [5, 5.41) is 27.3. The van der Waals surface area contributed by atoms with Gasteiger partial charge < -0.3 is 10.1 Å². The zero-order valence-electron chi connectivity index (χ0n) is 17.3. The van der Waals surface area contributed by atoms with E-state index in [4.69, 9.17) is 6.57 Å². The summed E-state index contributed by atoms with van der Waals surface area (Å²) in [5.74, 6) is -0.451. The van der Waals surface area contributed by atoms with Crippen molar-refractivity contribution < 1.29 is 9.90 Å². The quantitative estimate of drug-likeness (QED) is 0.266. The molecule has 0 saturated heterocycles. The number of aromatic nitrogens is 6. The Balaban J connectivity index is 1.62. The number of hydrogen-bond acceptors (Lipinski definition) is 8. The summed E-state index contributed by atoms with van der Waals surface area (Å²) in [6.45, 7) is 7.42. The number of anilines is 1. The van der Waals surface area contributed by atoms with E-state index in [0.29, 0.717) is 10.8 Å². The first-order valence-corrected chi connectivity index (χ1v) is 9.86. The van der Waals surface area contributed by atoms with Crippen molar-refractivity contribution in [2.24, 2.45) is 10.2 Å². The number of imidazole rings is 1. The van der Waals surface area contributed by atoms with Crippen LogP contribution in [0.15, 0.2) is 77.6 Å². The Hall–Kier alpha value is -5.44. The van der Waals surface area contributed by atoms with Crippen LogP contribution in [0.1, 0.15) is 10.4 Å². The number of carbonyl (C=O) groups excluding carboxylic acids is 1. The van der Waals surface area contributed by atoms with Crippen molar-refractivity contribution in [2.45, 2.75) is 0 Å². The molecular weight excluding hydrogens is 436 g/mol. The maximum absolute atomic E-state index is 12.8. The zero-order valence-corrected chi connectivity index (χ0v) is 17.3. The summed E-state index contributed by atoms with van der Waals surface area (Å²) in [7, 11) is 0. The highest BCUT2D eigenvalue weighted by Gasteiger charge is 2.20. The molecule has 0 radical (unpaired) electrons. The van der Waals surface area contributed by atoms with Gasteiger partial charge in [0.25, 0.3) is 17.5 Å². The number of azo groups is 1. The number of carbonyl (C=O) groups is 1. The first kappa shape index (κ1) is 20.5. The van der Waals surface area contributed by atoms with Gasteiger partial charge in [-0.2, -0.15) is 9.78 Å². The third-order valence-electron chi connectivity index (χ3n) is 4.80. The van der Waals surface area contributed by atoms with Crippen LogP contribution < -0.4 is 5.32 Å². The van der Waals surface area contributed by atoms with Gasteiger partial charge in [-0.25, -0.2) is 19.8 Å². The molecule has 0 unspecified atom stereocenters. The first-order valence-electron chi connectivity index (χ1n) is 9.86. The molecule has 12 nitrogen and oxygen atoms in total. The SMILES string of the molecule is [C-]#[N+]c1cnn(-c2ncccn2)c1/N=N/c1c(O)c(C(=O)Nc2ncc[nH]2)cc2ccccc12. The number of phenols is 1. The number of fused-ring (bicyclic) bond motifs is 1. The van der Waals surface area contributed by atoms with Crippen molar-refractivity contribution in [1.29, 1.82) is 0 Å². The Bertz CT molecular complexity index is 1570. The molecule has 5 aromatic rings. The molecule has 2 aromatic carbocycles. The Labute approximate surface area is 191 Å². The van der Waals surface area contributed by atoms with E-state index in [1.165, 1.54) is 29.5 Å². The Morgan fingerprint density at radius 1 is 1.12 bits per heavy atom. The normalized spacial score (nSPS) is 11.0. The summed E-state index contributed by atoms with van der Waals surface area (Å²) < 4.78 is 1.27. The Kier molecular flexibility index (Phi) is 5.17. The molecule has 0 aliphatic carbocycles. The summed E-state index contributed by atoms with van der Waals surface area (Å²) >= 11 is 0. The second-order valence-corrected chi connectivity index (χ2v) is 6.86. The van der Waals surface area contributed by atoms with Crippen LogP contribution >= 0.6 is 0 Å². The van der Waals surface area contributed by atoms with Gasteiger partial charge >= 0.3 is 0 Å². The van der Waals surface area contributed by atoms with Gasteiger partial charge in [0, 0.05) is 30.2 Å². The fourth-order valence-corrected chi connectivity index (χ4v) is 3.25. The number of H-pyrrole nitrogens is 1. The number of benzene rings is 2. The van der Waals surface area contributed by atoms with Crippen LogP contribution in [0.25, 0.3) is 21.6 Å². The smallest absolute Gasteiger partial charge is 0.261 e. The van der Waals surface area contributed by atoms with E-state index >= 15 is 0 Å². The third-order valence-corrected chi connectivity index (χ3v) is 4.80. The highest BCUT2D eigenvalue weighted by atomic mass is 16.3.